The van der Waals surface area contributed by atoms with Gasteiger partial charge in [-0.1, -0.05) is 43.1 Å². The summed E-state index contributed by atoms with van der Waals surface area (Å²) < 4.78 is 17.7. The summed E-state index contributed by atoms with van der Waals surface area (Å²) in [5, 5.41) is 32.3. The van der Waals surface area contributed by atoms with E-state index in [1.165, 1.54) is 0 Å². The Labute approximate surface area is 216 Å². The first-order valence-corrected chi connectivity index (χ1v) is 12.1. The number of aromatic hydroxyl groups is 3. The summed E-state index contributed by atoms with van der Waals surface area (Å²) in [6, 6.07) is 5.50. The van der Waals surface area contributed by atoms with Gasteiger partial charge in [0, 0.05) is 29.0 Å². The highest BCUT2D eigenvalue weighted by atomic mass is 35.5. The minimum absolute atomic E-state index is 0.0422. The monoisotopic (exact) mass is 528 g/mol. The molecule has 3 N–H and O–H groups in total. The number of methoxy groups -OCH3 is 1. The van der Waals surface area contributed by atoms with Crippen LogP contribution in [0.3, 0.4) is 0 Å². The molecule has 0 saturated carbocycles. The van der Waals surface area contributed by atoms with E-state index < -0.39 is 40.1 Å². The fraction of sp³-hybridized carbons (Fsp3) is 0.296. The summed E-state index contributed by atoms with van der Waals surface area (Å²) in [4.78, 5) is 13.8. The Morgan fingerprint density at radius 2 is 1.72 bits per heavy atom. The van der Waals surface area contributed by atoms with Crippen molar-refractivity contribution >= 4 is 29.0 Å². The third-order valence-corrected chi connectivity index (χ3v) is 8.25. The minimum atomic E-state index is -0.961. The molecule has 1 aliphatic carbocycles. The molecule has 2 unspecified atom stereocenters. The molecule has 3 aromatic rings. The van der Waals surface area contributed by atoms with E-state index in [2.05, 4.69) is 0 Å². The van der Waals surface area contributed by atoms with Crippen LogP contribution in [0.5, 0.6) is 28.7 Å². The van der Waals surface area contributed by atoms with Crippen molar-refractivity contribution in [3.63, 3.8) is 0 Å². The molecule has 9 heteroatoms. The molecule has 6 rings (SSSR count). The van der Waals surface area contributed by atoms with Crippen LogP contribution in [0.1, 0.15) is 69.3 Å². The van der Waals surface area contributed by atoms with Crippen LogP contribution in [0, 0.1) is 6.92 Å². The first-order chi connectivity index (χ1) is 17.0. The van der Waals surface area contributed by atoms with Gasteiger partial charge in [-0.05, 0) is 35.2 Å². The number of ketones is 1. The van der Waals surface area contributed by atoms with Crippen molar-refractivity contribution in [2.24, 2.45) is 0 Å². The molecule has 2 aliphatic heterocycles. The molecule has 0 radical (unpaired) electrons. The fourth-order valence-electron chi connectivity index (χ4n) is 5.81. The molecule has 2 bridgehead atoms. The maximum absolute atomic E-state index is 13.8. The van der Waals surface area contributed by atoms with Gasteiger partial charge in [-0.2, -0.15) is 0 Å². The van der Waals surface area contributed by atoms with Crippen molar-refractivity contribution in [1.29, 1.82) is 0 Å². The third kappa shape index (κ3) is 2.82. The summed E-state index contributed by atoms with van der Waals surface area (Å²) in [5.74, 6) is -0.703. The van der Waals surface area contributed by atoms with E-state index in [4.69, 9.17) is 37.4 Å². The van der Waals surface area contributed by atoms with Gasteiger partial charge in [0.2, 0.25) is 12.1 Å². The highest BCUT2D eigenvalue weighted by Crippen LogP contribution is 2.57. The molecular formula is C27H22Cl2O7. The number of carbonyl (C=O) groups excluding carboxylic acids is 1. The van der Waals surface area contributed by atoms with Gasteiger partial charge in [0.25, 0.3) is 0 Å². The summed E-state index contributed by atoms with van der Waals surface area (Å²) >= 11 is 12.5. The molecule has 3 aliphatic rings. The lowest BCUT2D eigenvalue weighted by atomic mass is 9.66. The molecule has 0 spiro atoms. The van der Waals surface area contributed by atoms with E-state index >= 15 is 0 Å². The minimum Gasteiger partial charge on any atom is -0.507 e. The Hall–Kier alpha value is -3.13. The van der Waals surface area contributed by atoms with Crippen LogP contribution in [-0.4, -0.2) is 34.5 Å². The van der Waals surface area contributed by atoms with E-state index in [1.807, 2.05) is 32.9 Å². The predicted octanol–water partition coefficient (Wildman–Crippen LogP) is 5.68. The van der Waals surface area contributed by atoms with Crippen molar-refractivity contribution in [2.75, 3.05) is 7.11 Å². The predicted molar refractivity (Wildman–Crippen MR) is 132 cm³/mol. The highest BCUT2D eigenvalue weighted by Gasteiger charge is 2.47. The highest BCUT2D eigenvalue weighted by molar-refractivity contribution is 6.40. The zero-order valence-corrected chi connectivity index (χ0v) is 21.3. The summed E-state index contributed by atoms with van der Waals surface area (Å²) in [5.41, 5.74) is 2.55. The number of benzene rings is 3. The SMILES string of the molecule is COc1cc(C)c2c(c1)OC1Cc3cc4c(c(O)c3C2O1)C(=O)c1c(O)c(Cl)c(O)c(Cl)c1C4(C)C. The lowest BCUT2D eigenvalue weighted by Gasteiger charge is -2.42. The molecule has 3 aromatic carbocycles. The number of aryl methyl sites for hydroxylation is 1. The standard InChI is InChI=1S/C27H22Cl2O7/c1-9-5-11(34-4)8-13-15(9)26-16-10(7-14(35-13)36-26)6-12-17(22(16)30)23(31)18-19(27(12,2)3)20(28)25(33)21(29)24(18)32/h5-6,8,14,26,30,32-33H,7H2,1-4H3. The van der Waals surface area contributed by atoms with Crippen molar-refractivity contribution in [3.05, 3.63) is 72.8 Å². The van der Waals surface area contributed by atoms with Crippen LogP contribution in [-0.2, 0) is 16.6 Å². The largest absolute Gasteiger partial charge is 0.507 e. The first-order valence-electron chi connectivity index (χ1n) is 11.3. The molecule has 0 aromatic heterocycles. The topological polar surface area (TPSA) is 105 Å². The van der Waals surface area contributed by atoms with E-state index in [0.717, 1.165) is 16.7 Å². The molecular weight excluding hydrogens is 507 g/mol. The quantitative estimate of drug-likeness (QED) is 0.373. The molecule has 0 saturated heterocycles. The molecule has 0 fully saturated rings. The zero-order chi connectivity index (χ0) is 25.8. The smallest absolute Gasteiger partial charge is 0.204 e. The Morgan fingerprint density at radius 3 is 2.42 bits per heavy atom. The van der Waals surface area contributed by atoms with Crippen LogP contribution >= 0.6 is 23.2 Å². The average Bonchev–Trinajstić information content (AvgIpc) is 2.82. The van der Waals surface area contributed by atoms with Crippen molar-refractivity contribution in [1.82, 2.24) is 0 Å². The van der Waals surface area contributed by atoms with Crippen LogP contribution in [0.15, 0.2) is 18.2 Å². The second kappa shape index (κ2) is 7.44. The number of phenolic OH excluding ortho intramolecular Hbond substituents is 3. The zero-order valence-electron chi connectivity index (χ0n) is 19.8. The number of hydrogen-bond donors (Lipinski definition) is 3. The first kappa shape index (κ1) is 23.3. The Morgan fingerprint density at radius 1 is 1.00 bits per heavy atom. The van der Waals surface area contributed by atoms with E-state index in [0.29, 0.717) is 29.0 Å². The molecule has 2 heterocycles. The molecule has 36 heavy (non-hydrogen) atoms. The van der Waals surface area contributed by atoms with E-state index in [1.54, 1.807) is 13.2 Å². The molecule has 0 amide bonds. The van der Waals surface area contributed by atoms with Crippen LogP contribution in [0.25, 0.3) is 0 Å². The normalized spacial score (nSPS) is 20.6. The third-order valence-electron chi connectivity index (χ3n) is 7.52. The maximum Gasteiger partial charge on any atom is 0.204 e. The Kier molecular flexibility index (Phi) is 4.81. The number of ether oxygens (including phenoxy) is 3. The fourth-order valence-corrected chi connectivity index (χ4v) is 6.47. The number of halogens is 2. The Bertz CT molecular complexity index is 1530. The lowest BCUT2D eigenvalue weighted by molar-refractivity contribution is -0.136. The van der Waals surface area contributed by atoms with Gasteiger partial charge in [-0.15, -0.1) is 0 Å². The van der Waals surface area contributed by atoms with E-state index in [-0.39, 0.29) is 27.5 Å². The van der Waals surface area contributed by atoms with Gasteiger partial charge in [-0.25, -0.2) is 0 Å². The Balaban J connectivity index is 1.64. The average molecular weight is 529 g/mol. The molecule has 2 atom stereocenters. The summed E-state index contributed by atoms with van der Waals surface area (Å²) in [6.45, 7) is 5.52. The van der Waals surface area contributed by atoms with Gasteiger partial charge >= 0.3 is 0 Å². The number of rotatable bonds is 1. The number of phenols is 3. The van der Waals surface area contributed by atoms with Crippen LogP contribution < -0.4 is 9.47 Å². The summed E-state index contributed by atoms with van der Waals surface area (Å²) in [7, 11) is 1.58. The maximum atomic E-state index is 13.8. The van der Waals surface area contributed by atoms with Gasteiger partial charge < -0.3 is 29.5 Å². The van der Waals surface area contributed by atoms with Gasteiger partial charge in [-0.3, -0.25) is 4.79 Å². The van der Waals surface area contributed by atoms with Crippen molar-refractivity contribution < 1.29 is 34.3 Å². The van der Waals surface area contributed by atoms with Crippen LogP contribution in [0.2, 0.25) is 10.0 Å². The van der Waals surface area contributed by atoms with Gasteiger partial charge in [0.05, 0.1) is 23.3 Å². The summed E-state index contributed by atoms with van der Waals surface area (Å²) in [6.07, 6.45) is -0.926. The molecule has 186 valence electrons. The second-order valence-electron chi connectivity index (χ2n) is 9.87. The number of hydrogen-bond acceptors (Lipinski definition) is 7. The van der Waals surface area contributed by atoms with E-state index in [9.17, 15) is 20.1 Å². The lowest BCUT2D eigenvalue weighted by Crippen LogP contribution is -2.38. The van der Waals surface area contributed by atoms with Crippen molar-refractivity contribution in [2.45, 2.75) is 45.0 Å². The van der Waals surface area contributed by atoms with Crippen molar-refractivity contribution in [3.8, 4) is 28.7 Å². The van der Waals surface area contributed by atoms with Crippen LogP contribution in [0.4, 0.5) is 0 Å². The van der Waals surface area contributed by atoms with Gasteiger partial charge in [0.15, 0.2) is 5.75 Å². The number of fused-ring (bicyclic) bond motifs is 8. The van der Waals surface area contributed by atoms with Gasteiger partial charge in [0.1, 0.15) is 34.1 Å². The molecule has 7 nitrogen and oxygen atoms in total. The number of carbonyl (C=O) groups is 1. The second-order valence-corrected chi connectivity index (χ2v) is 10.6.